The highest BCUT2D eigenvalue weighted by atomic mass is 32.2. The van der Waals surface area contributed by atoms with Crippen LogP contribution in [-0.4, -0.2) is 16.1 Å². The first-order valence-electron chi connectivity index (χ1n) is 12.5. The molecule has 0 N–H and O–H groups in total. The van der Waals surface area contributed by atoms with Gasteiger partial charge in [0.05, 0.1) is 0 Å². The molecule has 2 nitrogen and oxygen atoms in total. The average molecular weight is 449 g/mol. The fourth-order valence-electron chi connectivity index (χ4n) is 8.02. The molecule has 0 radical (unpaired) electrons. The van der Waals surface area contributed by atoms with Crippen LogP contribution < -0.4 is 0 Å². The van der Waals surface area contributed by atoms with Crippen LogP contribution in [0.1, 0.15) is 65.2 Å². The number of carbonyl (C=O) groups excluding carboxylic acids is 1. The minimum atomic E-state index is -1.11. The zero-order chi connectivity index (χ0) is 22.5. The molecule has 0 spiro atoms. The first-order chi connectivity index (χ1) is 15.5. The van der Waals surface area contributed by atoms with E-state index in [1.54, 1.807) is 12.5 Å². The lowest BCUT2D eigenvalue weighted by Crippen LogP contribution is -2.48. The van der Waals surface area contributed by atoms with E-state index in [1.165, 1.54) is 43.3 Å². The third-order valence-electron chi connectivity index (χ3n) is 9.12. The normalized spacial score (nSPS) is 35.0. The molecule has 1 aromatic rings. The van der Waals surface area contributed by atoms with Crippen LogP contribution in [0.2, 0.25) is 0 Å². The van der Waals surface area contributed by atoms with E-state index in [0.717, 1.165) is 29.7 Å². The molecule has 170 valence electrons. The minimum Gasteiger partial charge on any atom is -0.611 e. The van der Waals surface area contributed by atoms with Crippen LogP contribution in [0.5, 0.6) is 0 Å². The SMILES string of the molecule is C=C1C[C@]2(CC)C(C(C)=O)=C(C[S+]([O-])c3ccccc3)C[C@H]2[C@@H]2CCC3=CCCC[C@@H]3[C@@H]12. The molecule has 5 rings (SSSR count). The summed E-state index contributed by atoms with van der Waals surface area (Å²) in [5.74, 6) is 3.03. The van der Waals surface area contributed by atoms with Crippen molar-refractivity contribution >= 4 is 17.0 Å². The van der Waals surface area contributed by atoms with Gasteiger partial charge in [-0.3, -0.25) is 4.79 Å². The molecule has 0 amide bonds. The summed E-state index contributed by atoms with van der Waals surface area (Å²) in [6.45, 7) is 8.64. The van der Waals surface area contributed by atoms with Crippen molar-refractivity contribution in [3.05, 3.63) is 65.3 Å². The van der Waals surface area contributed by atoms with E-state index in [4.69, 9.17) is 0 Å². The zero-order valence-corrected chi connectivity index (χ0v) is 20.4. The molecule has 4 aliphatic rings. The summed E-state index contributed by atoms with van der Waals surface area (Å²) in [6, 6.07) is 9.73. The summed E-state index contributed by atoms with van der Waals surface area (Å²) in [6.07, 6.45) is 11.7. The van der Waals surface area contributed by atoms with Gasteiger partial charge in [0, 0.05) is 11.0 Å². The Balaban J connectivity index is 1.51. The number of hydrogen-bond acceptors (Lipinski definition) is 2. The van der Waals surface area contributed by atoms with Crippen LogP contribution in [0.25, 0.3) is 0 Å². The van der Waals surface area contributed by atoms with Crippen molar-refractivity contribution in [2.75, 3.05) is 5.75 Å². The molecule has 2 saturated carbocycles. The topological polar surface area (TPSA) is 40.1 Å². The largest absolute Gasteiger partial charge is 0.611 e. The summed E-state index contributed by atoms with van der Waals surface area (Å²) in [5, 5.41) is 0. The molecule has 4 aliphatic carbocycles. The molecule has 32 heavy (non-hydrogen) atoms. The number of Topliss-reactive ketones (excluding diaryl/α,β-unsaturated/α-hetero) is 1. The number of rotatable bonds is 5. The monoisotopic (exact) mass is 448 g/mol. The Morgan fingerprint density at radius 2 is 2.03 bits per heavy atom. The molecule has 1 aromatic carbocycles. The van der Waals surface area contributed by atoms with Gasteiger partial charge in [-0.25, -0.2) is 0 Å². The van der Waals surface area contributed by atoms with E-state index in [-0.39, 0.29) is 11.2 Å². The van der Waals surface area contributed by atoms with E-state index in [9.17, 15) is 9.35 Å². The highest BCUT2D eigenvalue weighted by molar-refractivity contribution is 7.91. The average Bonchev–Trinajstić information content (AvgIpc) is 3.13. The third kappa shape index (κ3) is 3.47. The van der Waals surface area contributed by atoms with Gasteiger partial charge >= 0.3 is 0 Å². The van der Waals surface area contributed by atoms with Gasteiger partial charge in [0.1, 0.15) is 5.75 Å². The number of benzene rings is 1. The molecule has 0 bridgehead atoms. The maximum atomic E-state index is 13.2. The van der Waals surface area contributed by atoms with Crippen LogP contribution in [0.4, 0.5) is 0 Å². The highest BCUT2D eigenvalue weighted by Gasteiger charge is 2.58. The van der Waals surface area contributed by atoms with E-state index in [1.807, 2.05) is 30.3 Å². The first-order valence-corrected chi connectivity index (χ1v) is 13.8. The summed E-state index contributed by atoms with van der Waals surface area (Å²) >= 11 is -1.11. The van der Waals surface area contributed by atoms with Crippen molar-refractivity contribution in [2.24, 2.45) is 29.1 Å². The Hall–Kier alpha value is -1.58. The predicted octanol–water partition coefficient (Wildman–Crippen LogP) is 6.81. The number of fused-ring (bicyclic) bond motifs is 5. The van der Waals surface area contributed by atoms with E-state index < -0.39 is 11.2 Å². The van der Waals surface area contributed by atoms with Gasteiger partial charge in [-0.2, -0.15) is 0 Å². The van der Waals surface area contributed by atoms with Crippen molar-refractivity contribution in [1.82, 2.24) is 0 Å². The van der Waals surface area contributed by atoms with Gasteiger partial charge in [0.25, 0.3) is 0 Å². The molecular formula is C29H36O2S. The first kappa shape index (κ1) is 22.2. The molecular weight excluding hydrogens is 412 g/mol. The Morgan fingerprint density at radius 3 is 2.75 bits per heavy atom. The van der Waals surface area contributed by atoms with Crippen LogP contribution in [0.15, 0.2) is 70.2 Å². The molecule has 3 heteroatoms. The summed E-state index contributed by atoms with van der Waals surface area (Å²) in [7, 11) is 0. The lowest BCUT2D eigenvalue weighted by molar-refractivity contribution is -0.115. The van der Waals surface area contributed by atoms with Gasteiger partial charge < -0.3 is 4.55 Å². The van der Waals surface area contributed by atoms with Crippen LogP contribution in [0.3, 0.4) is 0 Å². The van der Waals surface area contributed by atoms with Crippen molar-refractivity contribution in [2.45, 2.75) is 70.1 Å². The van der Waals surface area contributed by atoms with Crippen molar-refractivity contribution in [3.63, 3.8) is 0 Å². The molecule has 0 heterocycles. The summed E-state index contributed by atoms with van der Waals surface area (Å²) < 4.78 is 13.2. The minimum absolute atomic E-state index is 0.101. The smallest absolute Gasteiger partial charge is 0.156 e. The Labute approximate surface area is 196 Å². The standard InChI is InChI=1S/C29H36O2S/c1-4-29-17-19(2)27-24-13-9-8-10-21(24)14-15-25(27)26(29)16-22(28(29)20(3)30)18-32(31)23-11-6-5-7-12-23/h5-7,10-12,24-27H,2,4,8-9,13-18H2,1,3H3/t24-,25-,26-,27+,29-,32?/m0/s1. The Kier molecular flexibility index (Phi) is 6.01. The van der Waals surface area contributed by atoms with Crippen LogP contribution in [0, 0.1) is 29.1 Å². The predicted molar refractivity (Wildman–Crippen MR) is 132 cm³/mol. The van der Waals surface area contributed by atoms with Gasteiger partial charge in [0.2, 0.25) is 0 Å². The van der Waals surface area contributed by atoms with E-state index >= 15 is 0 Å². The highest BCUT2D eigenvalue weighted by Crippen LogP contribution is 2.66. The fourth-order valence-corrected chi connectivity index (χ4v) is 9.23. The second-order valence-electron chi connectivity index (χ2n) is 10.5. The lowest BCUT2D eigenvalue weighted by Gasteiger charge is -2.55. The van der Waals surface area contributed by atoms with Crippen molar-refractivity contribution < 1.29 is 9.35 Å². The van der Waals surface area contributed by atoms with Crippen molar-refractivity contribution in [1.29, 1.82) is 0 Å². The fraction of sp³-hybridized carbons (Fsp3) is 0.552. The van der Waals surface area contributed by atoms with Crippen LogP contribution in [-0.2, 0) is 16.0 Å². The van der Waals surface area contributed by atoms with Gasteiger partial charge in [-0.15, -0.1) is 0 Å². The van der Waals surface area contributed by atoms with Gasteiger partial charge in [0.15, 0.2) is 10.7 Å². The van der Waals surface area contributed by atoms with E-state index in [2.05, 4.69) is 19.6 Å². The summed E-state index contributed by atoms with van der Waals surface area (Å²) in [5.41, 5.74) is 5.15. The second-order valence-corrected chi connectivity index (χ2v) is 12.0. The van der Waals surface area contributed by atoms with Crippen molar-refractivity contribution in [3.8, 4) is 0 Å². The molecule has 0 aliphatic heterocycles. The maximum absolute atomic E-state index is 13.2. The third-order valence-corrected chi connectivity index (χ3v) is 10.5. The number of carbonyl (C=O) groups is 1. The number of ketones is 1. The molecule has 0 saturated heterocycles. The second kappa shape index (κ2) is 8.65. The maximum Gasteiger partial charge on any atom is 0.156 e. The molecule has 0 aromatic heterocycles. The zero-order valence-electron chi connectivity index (χ0n) is 19.6. The van der Waals surface area contributed by atoms with Gasteiger partial charge in [-0.05, 0) is 111 Å². The Bertz CT molecular complexity index is 974. The van der Waals surface area contributed by atoms with Crippen LogP contribution >= 0.6 is 0 Å². The molecule has 6 atom stereocenters. The summed E-state index contributed by atoms with van der Waals surface area (Å²) in [4.78, 5) is 14.0. The molecule has 1 unspecified atom stereocenters. The molecule has 2 fully saturated rings. The quantitative estimate of drug-likeness (QED) is 0.367. The lowest BCUT2D eigenvalue weighted by atomic mass is 9.49. The number of hydrogen-bond donors (Lipinski definition) is 0. The Morgan fingerprint density at radius 1 is 1.25 bits per heavy atom. The van der Waals surface area contributed by atoms with Gasteiger partial charge in [-0.1, -0.05) is 48.9 Å². The number of allylic oxidation sites excluding steroid dienone is 4. The van der Waals surface area contributed by atoms with E-state index in [0.29, 0.717) is 29.4 Å².